The fraction of sp³-hybridized carbons (Fsp3) is 0.300. The van der Waals surface area contributed by atoms with Crippen LogP contribution in [0.15, 0.2) is 48.5 Å². The number of nitrogens with one attached hydrogen (secondary N) is 2. The molecule has 0 aromatic heterocycles. The molecule has 0 saturated carbocycles. The van der Waals surface area contributed by atoms with Crippen LogP contribution in [-0.4, -0.2) is 18.4 Å². The van der Waals surface area contributed by atoms with E-state index in [0.29, 0.717) is 16.3 Å². The van der Waals surface area contributed by atoms with Crippen molar-refractivity contribution in [3.8, 4) is 0 Å². The quantitative estimate of drug-likeness (QED) is 0.832. The van der Waals surface area contributed by atoms with E-state index in [9.17, 15) is 9.59 Å². The van der Waals surface area contributed by atoms with Gasteiger partial charge in [-0.3, -0.25) is 9.59 Å². The molecule has 2 aromatic rings. The van der Waals surface area contributed by atoms with Gasteiger partial charge >= 0.3 is 0 Å². The zero-order valence-electron chi connectivity index (χ0n) is 14.7. The molecule has 0 aliphatic heterocycles. The molecule has 0 heterocycles. The van der Waals surface area contributed by atoms with Crippen LogP contribution in [-0.2, 0) is 10.2 Å². The molecule has 0 radical (unpaired) electrons. The molecule has 0 spiro atoms. The lowest BCUT2D eigenvalue weighted by Crippen LogP contribution is -2.27. The molecule has 25 heavy (non-hydrogen) atoms. The first-order valence-corrected chi connectivity index (χ1v) is 8.58. The number of halogens is 1. The number of rotatable bonds is 5. The van der Waals surface area contributed by atoms with Gasteiger partial charge in [-0.15, -0.1) is 0 Å². The lowest BCUT2D eigenvalue weighted by atomic mass is 9.87. The summed E-state index contributed by atoms with van der Waals surface area (Å²) in [4.78, 5) is 24.0. The van der Waals surface area contributed by atoms with Crippen molar-refractivity contribution in [1.82, 2.24) is 5.32 Å². The predicted octanol–water partition coefficient (Wildman–Crippen LogP) is 4.40. The number of anilines is 1. The van der Waals surface area contributed by atoms with Gasteiger partial charge in [-0.05, 0) is 47.4 Å². The van der Waals surface area contributed by atoms with Gasteiger partial charge in [-0.25, -0.2) is 0 Å². The van der Waals surface area contributed by atoms with E-state index in [1.54, 1.807) is 24.3 Å². The molecule has 0 aliphatic rings. The Bertz CT molecular complexity index is 732. The van der Waals surface area contributed by atoms with E-state index in [4.69, 9.17) is 11.6 Å². The Morgan fingerprint density at radius 3 is 2.12 bits per heavy atom. The number of benzene rings is 2. The van der Waals surface area contributed by atoms with Gasteiger partial charge in [0.2, 0.25) is 5.91 Å². The van der Waals surface area contributed by atoms with Crippen molar-refractivity contribution in [2.45, 2.75) is 32.6 Å². The summed E-state index contributed by atoms with van der Waals surface area (Å²) < 4.78 is 0. The molecular formula is C20H23ClN2O2. The van der Waals surface area contributed by atoms with Crippen molar-refractivity contribution in [3.63, 3.8) is 0 Å². The van der Waals surface area contributed by atoms with E-state index in [1.807, 2.05) is 24.3 Å². The zero-order chi connectivity index (χ0) is 18.4. The summed E-state index contributed by atoms with van der Waals surface area (Å²) in [5.74, 6) is -0.342. The first-order chi connectivity index (χ1) is 11.8. The van der Waals surface area contributed by atoms with Gasteiger partial charge in [-0.2, -0.15) is 0 Å². The highest BCUT2D eigenvalue weighted by Crippen LogP contribution is 2.22. The lowest BCUT2D eigenvalue weighted by Gasteiger charge is -2.19. The third-order valence-electron chi connectivity index (χ3n) is 3.78. The molecule has 2 amide bonds. The SMILES string of the molecule is CC(C)(C)c1ccc(C(=O)NCCC(=O)Nc2ccc(Cl)cc2)cc1. The third-order valence-corrected chi connectivity index (χ3v) is 4.03. The van der Waals surface area contributed by atoms with Crippen molar-refractivity contribution in [2.75, 3.05) is 11.9 Å². The third kappa shape index (κ3) is 5.91. The average molecular weight is 359 g/mol. The van der Waals surface area contributed by atoms with Gasteiger partial charge in [-0.1, -0.05) is 44.5 Å². The fourth-order valence-electron chi connectivity index (χ4n) is 2.27. The second-order valence-corrected chi connectivity index (χ2v) is 7.32. The van der Waals surface area contributed by atoms with E-state index in [2.05, 4.69) is 31.4 Å². The number of carbonyl (C=O) groups excluding carboxylic acids is 2. The van der Waals surface area contributed by atoms with Crippen molar-refractivity contribution in [1.29, 1.82) is 0 Å². The van der Waals surface area contributed by atoms with E-state index in [1.165, 1.54) is 5.56 Å². The van der Waals surface area contributed by atoms with Crippen LogP contribution < -0.4 is 10.6 Å². The zero-order valence-corrected chi connectivity index (χ0v) is 15.5. The molecule has 0 saturated heterocycles. The van der Waals surface area contributed by atoms with Crippen molar-refractivity contribution < 1.29 is 9.59 Å². The highest BCUT2D eigenvalue weighted by atomic mass is 35.5. The largest absolute Gasteiger partial charge is 0.352 e. The molecule has 5 heteroatoms. The second-order valence-electron chi connectivity index (χ2n) is 6.89. The maximum Gasteiger partial charge on any atom is 0.251 e. The summed E-state index contributed by atoms with van der Waals surface area (Å²) in [5.41, 5.74) is 2.49. The van der Waals surface area contributed by atoms with Crippen LogP contribution in [0.1, 0.15) is 43.1 Å². The van der Waals surface area contributed by atoms with Crippen LogP contribution in [0.3, 0.4) is 0 Å². The Balaban J connectivity index is 1.79. The van der Waals surface area contributed by atoms with Crippen LogP contribution in [0.4, 0.5) is 5.69 Å². The summed E-state index contributed by atoms with van der Waals surface area (Å²) in [6.07, 6.45) is 0.203. The molecule has 2 aromatic carbocycles. The van der Waals surface area contributed by atoms with Gasteiger partial charge in [0.1, 0.15) is 0 Å². The first kappa shape index (κ1) is 19.0. The number of hydrogen-bond donors (Lipinski definition) is 2. The molecule has 132 valence electrons. The summed E-state index contributed by atoms with van der Waals surface area (Å²) >= 11 is 5.80. The van der Waals surface area contributed by atoms with Crippen LogP contribution >= 0.6 is 11.6 Å². The highest BCUT2D eigenvalue weighted by molar-refractivity contribution is 6.30. The normalized spacial score (nSPS) is 11.0. The molecule has 0 fully saturated rings. The maximum absolute atomic E-state index is 12.1. The predicted molar refractivity (Wildman–Crippen MR) is 102 cm³/mol. The molecule has 4 nitrogen and oxygen atoms in total. The molecule has 0 bridgehead atoms. The minimum atomic E-state index is -0.181. The summed E-state index contributed by atoms with van der Waals surface area (Å²) in [7, 11) is 0. The van der Waals surface area contributed by atoms with Gasteiger partial charge in [0, 0.05) is 29.2 Å². The van der Waals surface area contributed by atoms with E-state index in [-0.39, 0.29) is 30.2 Å². The van der Waals surface area contributed by atoms with Gasteiger partial charge < -0.3 is 10.6 Å². The van der Waals surface area contributed by atoms with E-state index < -0.39 is 0 Å². The molecule has 0 atom stereocenters. The summed E-state index contributed by atoms with van der Waals surface area (Å²) in [5, 5.41) is 6.13. The first-order valence-electron chi connectivity index (χ1n) is 8.20. The van der Waals surface area contributed by atoms with Crippen LogP contribution in [0.2, 0.25) is 5.02 Å². The van der Waals surface area contributed by atoms with E-state index >= 15 is 0 Å². The maximum atomic E-state index is 12.1. The van der Waals surface area contributed by atoms with Crippen LogP contribution in [0.5, 0.6) is 0 Å². The fourth-order valence-corrected chi connectivity index (χ4v) is 2.40. The van der Waals surface area contributed by atoms with Crippen LogP contribution in [0, 0.1) is 0 Å². The number of carbonyl (C=O) groups is 2. The van der Waals surface area contributed by atoms with Gasteiger partial charge in [0.25, 0.3) is 5.91 Å². The standard InChI is InChI=1S/C20H23ClN2O2/c1-20(2,3)15-6-4-14(5-7-15)19(25)22-13-12-18(24)23-17-10-8-16(21)9-11-17/h4-11H,12-13H2,1-3H3,(H,22,25)(H,23,24). The average Bonchev–Trinajstić information content (AvgIpc) is 2.56. The number of amides is 2. The molecular weight excluding hydrogens is 336 g/mol. The second kappa shape index (κ2) is 8.17. The lowest BCUT2D eigenvalue weighted by molar-refractivity contribution is -0.116. The summed E-state index contributed by atoms with van der Waals surface area (Å²) in [6, 6.07) is 14.4. The number of hydrogen-bond acceptors (Lipinski definition) is 2. The van der Waals surface area contributed by atoms with Crippen molar-refractivity contribution in [2.24, 2.45) is 0 Å². The Hall–Kier alpha value is -2.33. The minimum Gasteiger partial charge on any atom is -0.352 e. The molecule has 0 aliphatic carbocycles. The Labute approximate surface area is 153 Å². The van der Waals surface area contributed by atoms with E-state index in [0.717, 1.165) is 0 Å². The monoisotopic (exact) mass is 358 g/mol. The minimum absolute atomic E-state index is 0.0504. The molecule has 2 rings (SSSR count). The molecule has 0 unspecified atom stereocenters. The Kier molecular flexibility index (Phi) is 6.21. The van der Waals surface area contributed by atoms with Crippen molar-refractivity contribution >= 4 is 29.1 Å². The smallest absolute Gasteiger partial charge is 0.251 e. The highest BCUT2D eigenvalue weighted by Gasteiger charge is 2.14. The molecule has 2 N–H and O–H groups in total. The van der Waals surface area contributed by atoms with Crippen molar-refractivity contribution in [3.05, 3.63) is 64.7 Å². The Morgan fingerprint density at radius 1 is 0.960 bits per heavy atom. The van der Waals surface area contributed by atoms with Gasteiger partial charge in [0.15, 0.2) is 0 Å². The van der Waals surface area contributed by atoms with Crippen LogP contribution in [0.25, 0.3) is 0 Å². The summed E-state index contributed by atoms with van der Waals surface area (Å²) in [6.45, 7) is 6.66. The Morgan fingerprint density at radius 2 is 1.56 bits per heavy atom. The topological polar surface area (TPSA) is 58.2 Å². The van der Waals surface area contributed by atoms with Gasteiger partial charge in [0.05, 0.1) is 0 Å².